The van der Waals surface area contributed by atoms with Crippen LogP contribution in [0, 0.1) is 6.92 Å². The Balaban J connectivity index is 2.90. The highest BCUT2D eigenvalue weighted by molar-refractivity contribution is 6.28. The average molecular weight is 250 g/mol. The van der Waals surface area contributed by atoms with Crippen LogP contribution >= 0.6 is 11.6 Å². The zero-order chi connectivity index (χ0) is 12.8. The molecule has 1 unspecified atom stereocenters. The quantitative estimate of drug-likeness (QED) is 0.641. The lowest BCUT2D eigenvalue weighted by atomic mass is 10.1. The molecule has 0 bridgehead atoms. The van der Waals surface area contributed by atoms with Crippen molar-refractivity contribution in [2.24, 2.45) is 0 Å². The van der Waals surface area contributed by atoms with Crippen LogP contribution in [-0.2, 0) is 0 Å². The smallest absolute Gasteiger partial charge is 0.224 e. The highest BCUT2D eigenvalue weighted by atomic mass is 35.5. The molecule has 0 saturated heterocycles. The third-order valence-electron chi connectivity index (χ3n) is 2.34. The predicted molar refractivity (Wildman–Crippen MR) is 73.3 cm³/mol. The fourth-order valence-corrected chi connectivity index (χ4v) is 1.51. The summed E-state index contributed by atoms with van der Waals surface area (Å²) in [5.41, 5.74) is 1.98. The second-order valence-corrected chi connectivity index (χ2v) is 3.98. The Bertz CT molecular complexity index is 452. The summed E-state index contributed by atoms with van der Waals surface area (Å²) in [6, 6.07) is 0.0789. The van der Waals surface area contributed by atoms with Gasteiger partial charge in [-0.15, -0.1) is 0 Å². The van der Waals surface area contributed by atoms with Gasteiger partial charge in [-0.2, -0.15) is 0 Å². The Morgan fingerprint density at radius 1 is 1.53 bits per heavy atom. The van der Waals surface area contributed by atoms with Gasteiger partial charge in [0.1, 0.15) is 5.82 Å². The minimum atomic E-state index is 0.0789. The maximum absolute atomic E-state index is 5.76. The minimum Gasteiger partial charge on any atom is -0.363 e. The summed E-state index contributed by atoms with van der Waals surface area (Å²) in [5, 5.41) is 3.50. The first-order valence-electron chi connectivity index (χ1n) is 5.29. The standard InChI is InChI=1S/C13H16ClN3/c1-5-7-11(6-2)10(4)16-12-9(3)8-15-13(14)17-12/h5-8,10H,1-2H2,3-4H3,(H,15,16,17)/b11-7+. The maximum Gasteiger partial charge on any atom is 0.224 e. The number of halogens is 1. The SMILES string of the molecule is C=C/C=C(\C=C)C(C)Nc1nc(Cl)ncc1C. The number of aryl methyl sites for hydroxylation is 1. The Hall–Kier alpha value is -1.61. The lowest BCUT2D eigenvalue weighted by Gasteiger charge is -2.16. The monoisotopic (exact) mass is 249 g/mol. The number of nitrogens with zero attached hydrogens (tertiary/aromatic N) is 2. The molecular formula is C13H16ClN3. The van der Waals surface area contributed by atoms with Crippen LogP contribution in [0.2, 0.25) is 5.28 Å². The van der Waals surface area contributed by atoms with E-state index < -0.39 is 0 Å². The number of rotatable bonds is 5. The molecule has 0 amide bonds. The van der Waals surface area contributed by atoms with Crippen molar-refractivity contribution in [3.63, 3.8) is 0 Å². The van der Waals surface area contributed by atoms with Crippen LogP contribution < -0.4 is 5.32 Å². The first-order valence-corrected chi connectivity index (χ1v) is 5.67. The molecule has 0 fully saturated rings. The van der Waals surface area contributed by atoms with Gasteiger partial charge in [0.25, 0.3) is 0 Å². The van der Waals surface area contributed by atoms with E-state index in [1.54, 1.807) is 18.3 Å². The van der Waals surface area contributed by atoms with Gasteiger partial charge in [0.05, 0.1) is 0 Å². The summed E-state index contributed by atoms with van der Waals surface area (Å²) in [5.74, 6) is 0.731. The predicted octanol–water partition coefficient (Wildman–Crippen LogP) is 3.54. The fourth-order valence-electron chi connectivity index (χ4n) is 1.38. The van der Waals surface area contributed by atoms with E-state index in [1.165, 1.54) is 0 Å². The first kappa shape index (κ1) is 13.5. The van der Waals surface area contributed by atoms with Crippen molar-refractivity contribution in [2.75, 3.05) is 5.32 Å². The summed E-state index contributed by atoms with van der Waals surface area (Å²) >= 11 is 5.76. The summed E-state index contributed by atoms with van der Waals surface area (Å²) < 4.78 is 0. The second-order valence-electron chi connectivity index (χ2n) is 3.64. The number of hydrogen-bond acceptors (Lipinski definition) is 3. The molecule has 1 aromatic rings. The van der Waals surface area contributed by atoms with Gasteiger partial charge in [-0.1, -0.05) is 31.4 Å². The number of anilines is 1. The second kappa shape index (κ2) is 6.21. The van der Waals surface area contributed by atoms with Gasteiger partial charge in [0.2, 0.25) is 5.28 Å². The van der Waals surface area contributed by atoms with Crippen LogP contribution in [0.3, 0.4) is 0 Å². The Morgan fingerprint density at radius 3 is 2.82 bits per heavy atom. The molecule has 0 aliphatic carbocycles. The zero-order valence-electron chi connectivity index (χ0n) is 10.1. The van der Waals surface area contributed by atoms with Gasteiger partial charge in [0, 0.05) is 17.8 Å². The van der Waals surface area contributed by atoms with Gasteiger partial charge < -0.3 is 5.32 Å². The molecule has 0 aromatic carbocycles. The molecule has 0 radical (unpaired) electrons. The molecule has 0 aliphatic heterocycles. The fraction of sp³-hybridized carbons (Fsp3) is 0.231. The van der Waals surface area contributed by atoms with Crippen molar-refractivity contribution in [1.82, 2.24) is 9.97 Å². The van der Waals surface area contributed by atoms with Crippen LogP contribution in [-0.4, -0.2) is 16.0 Å². The number of allylic oxidation sites excluding steroid dienone is 2. The Labute approximate surface area is 107 Å². The highest BCUT2D eigenvalue weighted by Gasteiger charge is 2.08. The Kier molecular flexibility index (Phi) is 4.91. The molecule has 1 aromatic heterocycles. The summed E-state index contributed by atoms with van der Waals surface area (Å²) in [6.07, 6.45) is 7.12. The van der Waals surface area contributed by atoms with Crippen LogP contribution in [0.1, 0.15) is 12.5 Å². The first-order chi connectivity index (χ1) is 8.08. The van der Waals surface area contributed by atoms with E-state index in [0.29, 0.717) is 0 Å². The zero-order valence-corrected chi connectivity index (χ0v) is 10.8. The summed E-state index contributed by atoms with van der Waals surface area (Å²) in [6.45, 7) is 11.4. The molecule has 3 nitrogen and oxygen atoms in total. The van der Waals surface area contributed by atoms with E-state index in [0.717, 1.165) is 17.0 Å². The third-order valence-corrected chi connectivity index (χ3v) is 2.52. The van der Waals surface area contributed by atoms with Crippen molar-refractivity contribution in [1.29, 1.82) is 0 Å². The van der Waals surface area contributed by atoms with Crippen LogP contribution in [0.4, 0.5) is 5.82 Å². The van der Waals surface area contributed by atoms with E-state index in [4.69, 9.17) is 11.6 Å². The molecule has 4 heteroatoms. The topological polar surface area (TPSA) is 37.8 Å². The lowest BCUT2D eigenvalue weighted by Crippen LogP contribution is -2.18. The lowest BCUT2D eigenvalue weighted by molar-refractivity contribution is 0.929. The molecule has 1 heterocycles. The molecule has 90 valence electrons. The average Bonchev–Trinajstić information content (AvgIpc) is 2.30. The van der Waals surface area contributed by atoms with E-state index in [1.807, 2.05) is 19.9 Å². The molecule has 0 aliphatic rings. The molecule has 0 spiro atoms. The van der Waals surface area contributed by atoms with Gasteiger partial charge in [-0.3, -0.25) is 0 Å². The molecule has 0 saturated carbocycles. The number of aromatic nitrogens is 2. The summed E-state index contributed by atoms with van der Waals surface area (Å²) in [4.78, 5) is 8.06. The van der Waals surface area contributed by atoms with Crippen molar-refractivity contribution in [3.8, 4) is 0 Å². The molecule has 1 rings (SSSR count). The molecule has 17 heavy (non-hydrogen) atoms. The van der Waals surface area contributed by atoms with Gasteiger partial charge >= 0.3 is 0 Å². The maximum atomic E-state index is 5.76. The van der Waals surface area contributed by atoms with Crippen LogP contribution in [0.15, 0.2) is 43.2 Å². The van der Waals surface area contributed by atoms with Crippen LogP contribution in [0.25, 0.3) is 0 Å². The molecule has 1 N–H and O–H groups in total. The van der Waals surface area contributed by atoms with E-state index in [-0.39, 0.29) is 11.3 Å². The molecular weight excluding hydrogens is 234 g/mol. The van der Waals surface area contributed by atoms with E-state index in [2.05, 4.69) is 28.4 Å². The van der Waals surface area contributed by atoms with Crippen molar-refractivity contribution >= 4 is 17.4 Å². The van der Waals surface area contributed by atoms with Crippen molar-refractivity contribution in [2.45, 2.75) is 19.9 Å². The highest BCUT2D eigenvalue weighted by Crippen LogP contribution is 2.16. The van der Waals surface area contributed by atoms with E-state index >= 15 is 0 Å². The Morgan fingerprint density at radius 2 is 2.24 bits per heavy atom. The minimum absolute atomic E-state index is 0.0789. The van der Waals surface area contributed by atoms with Gasteiger partial charge in [-0.05, 0) is 31.0 Å². The van der Waals surface area contributed by atoms with Crippen molar-refractivity contribution < 1.29 is 0 Å². The van der Waals surface area contributed by atoms with Crippen LogP contribution in [0.5, 0.6) is 0 Å². The third kappa shape index (κ3) is 3.71. The normalized spacial score (nSPS) is 13.0. The van der Waals surface area contributed by atoms with Gasteiger partial charge in [-0.25, -0.2) is 9.97 Å². The van der Waals surface area contributed by atoms with E-state index in [9.17, 15) is 0 Å². The number of nitrogens with one attached hydrogen (secondary N) is 1. The number of hydrogen-bond donors (Lipinski definition) is 1. The largest absolute Gasteiger partial charge is 0.363 e. The summed E-state index contributed by atoms with van der Waals surface area (Å²) in [7, 11) is 0. The van der Waals surface area contributed by atoms with Gasteiger partial charge in [0.15, 0.2) is 0 Å². The van der Waals surface area contributed by atoms with Crippen molar-refractivity contribution in [3.05, 3.63) is 54.0 Å². The molecule has 1 atom stereocenters.